The maximum Gasteiger partial charge on any atom is 0.137 e. The number of ether oxygens (including phenoxy) is 1. The molecular weight excluding hydrogens is 404 g/mol. The van der Waals surface area contributed by atoms with Gasteiger partial charge in [0.25, 0.3) is 0 Å². The number of fused-ring (bicyclic) bond motifs is 3. The lowest BCUT2D eigenvalue weighted by atomic mass is 10.1. The number of aromatic nitrogens is 1. The van der Waals surface area contributed by atoms with Gasteiger partial charge in [0.2, 0.25) is 0 Å². The molecule has 0 N–H and O–H groups in total. The van der Waals surface area contributed by atoms with E-state index in [1.165, 1.54) is 27.7 Å². The summed E-state index contributed by atoms with van der Waals surface area (Å²) in [5.74, 6) is 0.757. The van der Waals surface area contributed by atoms with Crippen molar-refractivity contribution in [2.24, 2.45) is 0 Å². The molecule has 31 heavy (non-hydrogen) atoms. The molecule has 1 aliphatic rings. The van der Waals surface area contributed by atoms with Crippen LogP contribution in [0.5, 0.6) is 5.75 Å². The third kappa shape index (κ3) is 4.34. The summed E-state index contributed by atoms with van der Waals surface area (Å²) in [5.41, 5.74) is 5.60. The zero-order chi connectivity index (χ0) is 21.0. The van der Waals surface area contributed by atoms with Crippen LogP contribution >= 0.6 is 11.6 Å². The molecule has 0 saturated heterocycles. The summed E-state index contributed by atoms with van der Waals surface area (Å²) in [5, 5.41) is 2.02. The van der Waals surface area contributed by atoms with E-state index in [0.29, 0.717) is 11.6 Å². The molecule has 0 amide bonds. The zero-order valence-corrected chi connectivity index (χ0v) is 18.4. The Morgan fingerprint density at radius 1 is 0.806 bits per heavy atom. The summed E-state index contributed by atoms with van der Waals surface area (Å²) in [6, 6.07) is 27.3. The van der Waals surface area contributed by atoms with Gasteiger partial charge in [0.05, 0.1) is 11.6 Å². The molecule has 4 aromatic rings. The van der Waals surface area contributed by atoms with Crippen LogP contribution in [0.1, 0.15) is 16.8 Å². The SMILES string of the molecule is Clc1ccccc1OCCc1c2n(c3ccccc13)CCN(Cc1ccccc1)CC2. The van der Waals surface area contributed by atoms with E-state index < -0.39 is 0 Å². The summed E-state index contributed by atoms with van der Waals surface area (Å²) in [6.45, 7) is 4.79. The molecule has 4 heteroatoms. The molecule has 0 saturated carbocycles. The molecule has 1 aromatic heterocycles. The van der Waals surface area contributed by atoms with Gasteiger partial charge < -0.3 is 9.30 Å². The summed E-state index contributed by atoms with van der Waals surface area (Å²) in [6.07, 6.45) is 1.94. The number of para-hydroxylation sites is 2. The minimum absolute atomic E-state index is 0.623. The Bertz CT molecular complexity index is 1170. The van der Waals surface area contributed by atoms with E-state index in [2.05, 4.69) is 64.1 Å². The van der Waals surface area contributed by atoms with Crippen LogP contribution in [0.15, 0.2) is 78.9 Å². The highest BCUT2D eigenvalue weighted by Crippen LogP contribution is 2.30. The molecule has 2 heterocycles. The van der Waals surface area contributed by atoms with E-state index in [4.69, 9.17) is 16.3 Å². The summed E-state index contributed by atoms with van der Waals surface area (Å²) in [7, 11) is 0. The zero-order valence-electron chi connectivity index (χ0n) is 17.6. The maximum absolute atomic E-state index is 6.26. The number of rotatable bonds is 6. The minimum Gasteiger partial charge on any atom is -0.492 e. The van der Waals surface area contributed by atoms with Gasteiger partial charge in [0, 0.05) is 55.6 Å². The highest BCUT2D eigenvalue weighted by molar-refractivity contribution is 6.32. The minimum atomic E-state index is 0.623. The second kappa shape index (κ2) is 9.17. The quantitative estimate of drug-likeness (QED) is 0.374. The first-order valence-electron chi connectivity index (χ1n) is 11.0. The lowest BCUT2D eigenvalue weighted by Gasteiger charge is -2.19. The first-order chi connectivity index (χ1) is 15.3. The summed E-state index contributed by atoms with van der Waals surface area (Å²) < 4.78 is 8.56. The molecule has 158 valence electrons. The number of nitrogens with zero attached hydrogens (tertiary/aromatic N) is 2. The predicted octanol–water partition coefficient (Wildman–Crippen LogP) is 5.97. The van der Waals surface area contributed by atoms with Gasteiger partial charge in [-0.2, -0.15) is 0 Å². The van der Waals surface area contributed by atoms with Gasteiger partial charge in [-0.1, -0.05) is 72.3 Å². The first kappa shape index (κ1) is 20.2. The van der Waals surface area contributed by atoms with E-state index in [1.54, 1.807) is 0 Å². The van der Waals surface area contributed by atoms with Crippen LogP contribution in [0.4, 0.5) is 0 Å². The maximum atomic E-state index is 6.26. The van der Waals surface area contributed by atoms with Crippen molar-refractivity contribution < 1.29 is 4.74 Å². The molecule has 5 rings (SSSR count). The van der Waals surface area contributed by atoms with Crippen molar-refractivity contribution in [2.75, 3.05) is 19.7 Å². The highest BCUT2D eigenvalue weighted by Gasteiger charge is 2.21. The van der Waals surface area contributed by atoms with E-state index >= 15 is 0 Å². The molecule has 0 atom stereocenters. The van der Waals surface area contributed by atoms with Crippen molar-refractivity contribution in [1.82, 2.24) is 9.47 Å². The fourth-order valence-corrected chi connectivity index (χ4v) is 4.88. The second-order valence-corrected chi connectivity index (χ2v) is 8.54. The van der Waals surface area contributed by atoms with Gasteiger partial charge in [-0.25, -0.2) is 0 Å². The Hall–Kier alpha value is -2.75. The third-order valence-electron chi connectivity index (χ3n) is 6.19. The normalized spacial score (nSPS) is 14.4. The molecular formula is C27H27ClN2O. The smallest absolute Gasteiger partial charge is 0.137 e. The molecule has 0 radical (unpaired) electrons. The van der Waals surface area contributed by atoms with Crippen molar-refractivity contribution in [1.29, 1.82) is 0 Å². The largest absolute Gasteiger partial charge is 0.492 e. The second-order valence-electron chi connectivity index (χ2n) is 8.13. The average molecular weight is 431 g/mol. The monoisotopic (exact) mass is 430 g/mol. The number of hydrogen-bond donors (Lipinski definition) is 0. The highest BCUT2D eigenvalue weighted by atomic mass is 35.5. The molecule has 0 aliphatic carbocycles. The molecule has 3 aromatic carbocycles. The van der Waals surface area contributed by atoms with Gasteiger partial charge in [-0.05, 0) is 29.3 Å². The van der Waals surface area contributed by atoms with Crippen molar-refractivity contribution in [3.05, 3.63) is 101 Å². The van der Waals surface area contributed by atoms with Crippen LogP contribution in [0.2, 0.25) is 5.02 Å². The van der Waals surface area contributed by atoms with Gasteiger partial charge in [-0.15, -0.1) is 0 Å². The van der Waals surface area contributed by atoms with E-state index in [-0.39, 0.29) is 0 Å². The molecule has 0 unspecified atom stereocenters. The van der Waals surface area contributed by atoms with E-state index in [9.17, 15) is 0 Å². The Morgan fingerprint density at radius 3 is 2.45 bits per heavy atom. The summed E-state index contributed by atoms with van der Waals surface area (Å²) in [4.78, 5) is 2.57. The Balaban J connectivity index is 1.36. The standard InChI is InChI=1S/C27H27ClN2O/c28-24-11-5-7-13-27(24)31-19-15-23-22-10-4-6-12-25(22)30-18-17-29(16-14-26(23)30)20-21-8-2-1-3-9-21/h1-13H,14-20H2. The van der Waals surface area contributed by atoms with Crippen molar-refractivity contribution >= 4 is 22.5 Å². The fourth-order valence-electron chi connectivity index (χ4n) is 4.69. The Morgan fingerprint density at radius 2 is 1.58 bits per heavy atom. The van der Waals surface area contributed by atoms with Crippen LogP contribution in [0, 0.1) is 0 Å². The fraction of sp³-hybridized carbons (Fsp3) is 0.259. The summed E-state index contributed by atoms with van der Waals surface area (Å²) >= 11 is 6.26. The van der Waals surface area contributed by atoms with Crippen LogP contribution in [-0.2, 0) is 25.9 Å². The predicted molar refractivity (Wildman–Crippen MR) is 128 cm³/mol. The topological polar surface area (TPSA) is 17.4 Å². The average Bonchev–Trinajstić information content (AvgIpc) is 2.94. The van der Waals surface area contributed by atoms with Crippen molar-refractivity contribution in [3.63, 3.8) is 0 Å². The van der Waals surface area contributed by atoms with Crippen LogP contribution in [0.3, 0.4) is 0 Å². The number of benzene rings is 3. The first-order valence-corrected chi connectivity index (χ1v) is 11.4. The Labute approximate surface area is 188 Å². The van der Waals surface area contributed by atoms with Gasteiger partial charge in [0.15, 0.2) is 0 Å². The molecule has 0 bridgehead atoms. The molecule has 1 aliphatic heterocycles. The van der Waals surface area contributed by atoms with Gasteiger partial charge >= 0.3 is 0 Å². The Kier molecular flexibility index (Phi) is 5.97. The number of halogens is 1. The van der Waals surface area contributed by atoms with Gasteiger partial charge in [-0.3, -0.25) is 4.90 Å². The van der Waals surface area contributed by atoms with Crippen molar-refractivity contribution in [3.8, 4) is 5.75 Å². The van der Waals surface area contributed by atoms with Crippen molar-refractivity contribution in [2.45, 2.75) is 25.9 Å². The molecule has 3 nitrogen and oxygen atoms in total. The van der Waals surface area contributed by atoms with E-state index in [0.717, 1.165) is 44.8 Å². The lowest BCUT2D eigenvalue weighted by molar-refractivity contribution is 0.272. The van der Waals surface area contributed by atoms with Crippen LogP contribution in [0.25, 0.3) is 10.9 Å². The van der Waals surface area contributed by atoms with E-state index in [1.807, 2.05) is 24.3 Å². The lowest BCUT2D eigenvalue weighted by Crippen LogP contribution is -2.26. The van der Waals surface area contributed by atoms with Crippen LogP contribution in [-0.4, -0.2) is 29.2 Å². The van der Waals surface area contributed by atoms with Gasteiger partial charge in [0.1, 0.15) is 5.75 Å². The third-order valence-corrected chi connectivity index (χ3v) is 6.51. The molecule has 0 fully saturated rings. The number of hydrogen-bond acceptors (Lipinski definition) is 2. The molecule has 0 spiro atoms. The van der Waals surface area contributed by atoms with Crippen LogP contribution < -0.4 is 4.74 Å².